The Morgan fingerprint density at radius 1 is 1.17 bits per heavy atom. The van der Waals surface area contributed by atoms with E-state index in [4.69, 9.17) is 31.0 Å². The standard InChI is InChI=1S/C30H28BClF7N7O/c1-5-42-26(17-8-15(33)6-7-20(17)32)24-13(2)27-22(45(12-23(35)36)14(3)46(27)29(4,31)47)11-21(24)43-28(44-41)18-9-16(34)10-19(25(18)40)30(37,38)39/h5-11,23,26,42,47H,1,3,12,40-41H2,2,4H3,(H,43,44). The number of aliphatic imine (C=N–C) groups is 1. The zero-order valence-corrected chi connectivity index (χ0v) is 25.6. The Morgan fingerprint density at radius 2 is 1.83 bits per heavy atom. The van der Waals surface area contributed by atoms with Crippen LogP contribution in [0.1, 0.15) is 40.8 Å². The topological polar surface area (TPSA) is 115 Å². The van der Waals surface area contributed by atoms with Crippen molar-refractivity contribution in [3.05, 3.63) is 106 Å². The number of hydrogen-bond donors (Lipinski definition) is 5. The fraction of sp³-hybridized carbons (Fsp3) is 0.233. The number of aliphatic hydroxyl groups is 1. The van der Waals surface area contributed by atoms with Gasteiger partial charge in [-0.2, -0.15) is 13.2 Å². The number of nitrogens with one attached hydrogen (secondary N) is 2. The number of alkyl halides is 5. The normalized spacial score (nSPS) is 15.5. The number of hydrazine groups is 1. The molecule has 0 amide bonds. The molecule has 248 valence electrons. The van der Waals surface area contributed by atoms with Gasteiger partial charge in [0.05, 0.1) is 46.5 Å². The van der Waals surface area contributed by atoms with E-state index in [2.05, 4.69) is 28.9 Å². The van der Waals surface area contributed by atoms with E-state index in [1.807, 2.05) is 0 Å². The van der Waals surface area contributed by atoms with Crippen LogP contribution in [0.2, 0.25) is 5.02 Å². The van der Waals surface area contributed by atoms with Crippen LogP contribution in [0.25, 0.3) is 0 Å². The summed E-state index contributed by atoms with van der Waals surface area (Å²) in [4.78, 5) is 6.56. The van der Waals surface area contributed by atoms with Crippen molar-refractivity contribution in [2.45, 2.75) is 38.1 Å². The van der Waals surface area contributed by atoms with Crippen LogP contribution in [0.4, 0.5) is 53.5 Å². The first-order valence-electron chi connectivity index (χ1n) is 13.6. The maximum absolute atomic E-state index is 14.6. The van der Waals surface area contributed by atoms with Crippen LogP contribution in [0.3, 0.4) is 0 Å². The van der Waals surface area contributed by atoms with Crippen molar-refractivity contribution in [1.82, 2.24) is 10.7 Å². The van der Waals surface area contributed by atoms with E-state index in [0.717, 1.165) is 21.9 Å². The molecule has 0 saturated heterocycles. The summed E-state index contributed by atoms with van der Waals surface area (Å²) in [6, 6.07) is 4.48. The molecule has 0 aliphatic carbocycles. The molecule has 0 spiro atoms. The summed E-state index contributed by atoms with van der Waals surface area (Å²) in [5.41, 5.74) is 3.15. The van der Waals surface area contributed by atoms with Gasteiger partial charge >= 0.3 is 6.18 Å². The van der Waals surface area contributed by atoms with Gasteiger partial charge in [-0.25, -0.2) is 28.4 Å². The highest BCUT2D eigenvalue weighted by Gasteiger charge is 2.42. The summed E-state index contributed by atoms with van der Waals surface area (Å²) in [5, 5.41) is 13.9. The maximum atomic E-state index is 14.6. The highest BCUT2D eigenvalue weighted by molar-refractivity contribution is 6.31. The molecule has 1 aliphatic rings. The molecule has 0 fully saturated rings. The number of amidine groups is 1. The number of benzene rings is 3. The molecule has 0 aromatic heterocycles. The summed E-state index contributed by atoms with van der Waals surface area (Å²) in [6.07, 6.45) is -6.72. The van der Waals surface area contributed by atoms with E-state index in [0.29, 0.717) is 6.07 Å². The average molecular weight is 682 g/mol. The first kappa shape index (κ1) is 35.4. The Morgan fingerprint density at radius 3 is 2.38 bits per heavy atom. The van der Waals surface area contributed by atoms with Gasteiger partial charge in [0.15, 0.2) is 0 Å². The van der Waals surface area contributed by atoms with Gasteiger partial charge in [0.25, 0.3) is 6.43 Å². The second-order valence-electron chi connectivity index (χ2n) is 10.6. The summed E-state index contributed by atoms with van der Waals surface area (Å²) >= 11 is 6.48. The van der Waals surface area contributed by atoms with Crippen molar-refractivity contribution in [2.75, 3.05) is 22.1 Å². The lowest BCUT2D eigenvalue weighted by Gasteiger charge is -2.36. The maximum Gasteiger partial charge on any atom is 0.418 e. The largest absolute Gasteiger partial charge is 0.418 e. The second-order valence-corrected chi connectivity index (χ2v) is 11.0. The number of rotatable bonds is 9. The van der Waals surface area contributed by atoms with Crippen molar-refractivity contribution in [2.24, 2.45) is 10.8 Å². The third-order valence-electron chi connectivity index (χ3n) is 7.33. The lowest BCUT2D eigenvalue weighted by Crippen LogP contribution is -2.47. The Labute approximate surface area is 271 Å². The van der Waals surface area contributed by atoms with Gasteiger partial charge in [0.2, 0.25) is 0 Å². The lowest BCUT2D eigenvalue weighted by molar-refractivity contribution is -0.137. The Bertz CT molecular complexity index is 1760. The molecule has 0 saturated carbocycles. The summed E-state index contributed by atoms with van der Waals surface area (Å²) < 4.78 is 97.9. The second kappa shape index (κ2) is 13.0. The number of nitrogen functional groups attached to an aromatic ring is 1. The molecule has 2 radical (unpaired) electrons. The minimum Gasteiger partial charge on any atom is -0.398 e. The van der Waals surface area contributed by atoms with Gasteiger partial charge in [-0.3, -0.25) is 0 Å². The van der Waals surface area contributed by atoms with Gasteiger partial charge in [-0.05, 0) is 62.0 Å². The van der Waals surface area contributed by atoms with Crippen LogP contribution in [-0.2, 0) is 6.18 Å². The molecule has 1 aliphatic heterocycles. The Kier molecular flexibility index (Phi) is 9.81. The SMILES string of the molecule is [B]C(C)(O)N1C(=C)N(CC(F)F)c2cc(N=C(NN)c3cc(F)cc(C(F)(F)F)c3N)c(C(NC=C)c3cc(F)ccc3Cl)c(C)c21. The van der Waals surface area contributed by atoms with E-state index in [1.165, 1.54) is 32.2 Å². The molecule has 3 aromatic rings. The van der Waals surface area contributed by atoms with E-state index in [-0.39, 0.29) is 50.7 Å². The number of nitrogens with two attached hydrogens (primary N) is 2. The molecular formula is C30H28BClF7N7O. The molecule has 17 heteroatoms. The zero-order valence-electron chi connectivity index (χ0n) is 24.9. The molecule has 3 aromatic carbocycles. The number of nitrogens with zero attached hydrogens (tertiary/aromatic N) is 3. The van der Waals surface area contributed by atoms with Crippen LogP contribution in [0.15, 0.2) is 66.6 Å². The zero-order chi connectivity index (χ0) is 35.2. The van der Waals surface area contributed by atoms with Crippen LogP contribution in [0.5, 0.6) is 0 Å². The van der Waals surface area contributed by atoms with Crippen LogP contribution >= 0.6 is 11.6 Å². The molecule has 8 nitrogen and oxygen atoms in total. The number of anilines is 3. The molecule has 47 heavy (non-hydrogen) atoms. The number of fused-ring (bicyclic) bond motifs is 1. The molecule has 2 unspecified atom stereocenters. The van der Waals surface area contributed by atoms with Gasteiger partial charge in [0.1, 0.15) is 31.1 Å². The van der Waals surface area contributed by atoms with E-state index < -0.39 is 65.1 Å². The van der Waals surface area contributed by atoms with Gasteiger partial charge in [-0.15, -0.1) is 0 Å². The highest BCUT2D eigenvalue weighted by Crippen LogP contribution is 2.52. The van der Waals surface area contributed by atoms with Gasteiger partial charge in [-0.1, -0.05) is 24.8 Å². The first-order valence-corrected chi connectivity index (χ1v) is 14.0. The molecule has 2 atom stereocenters. The summed E-state index contributed by atoms with van der Waals surface area (Å²) in [6.45, 7) is 9.28. The predicted molar refractivity (Wildman–Crippen MR) is 168 cm³/mol. The fourth-order valence-corrected chi connectivity index (χ4v) is 5.70. The third kappa shape index (κ3) is 6.85. The molecule has 4 rings (SSSR count). The van der Waals surface area contributed by atoms with Crippen LogP contribution in [0, 0.1) is 18.6 Å². The van der Waals surface area contributed by atoms with Crippen molar-refractivity contribution in [1.29, 1.82) is 0 Å². The van der Waals surface area contributed by atoms with E-state index in [1.54, 1.807) is 0 Å². The quantitative estimate of drug-likeness (QED) is 0.0353. The lowest BCUT2D eigenvalue weighted by atomic mass is 9.88. The molecule has 7 N–H and O–H groups in total. The summed E-state index contributed by atoms with van der Waals surface area (Å²) in [7, 11) is 6.05. The Balaban J connectivity index is 2.17. The van der Waals surface area contributed by atoms with Gasteiger partial charge < -0.3 is 31.4 Å². The number of hydrogen-bond acceptors (Lipinski definition) is 7. The van der Waals surface area contributed by atoms with Crippen molar-refractivity contribution in [3.63, 3.8) is 0 Å². The van der Waals surface area contributed by atoms with E-state index in [9.17, 15) is 35.8 Å². The van der Waals surface area contributed by atoms with Crippen LogP contribution < -0.4 is 32.1 Å². The minimum atomic E-state index is -5.05. The number of halogens is 8. The smallest absolute Gasteiger partial charge is 0.398 e. The van der Waals surface area contributed by atoms with Crippen LogP contribution in [-0.4, -0.2) is 37.4 Å². The monoisotopic (exact) mass is 681 g/mol. The molecule has 1 heterocycles. The van der Waals surface area contributed by atoms with Crippen molar-refractivity contribution < 1.29 is 35.8 Å². The molecular weight excluding hydrogens is 654 g/mol. The highest BCUT2D eigenvalue weighted by atomic mass is 35.5. The summed E-state index contributed by atoms with van der Waals surface area (Å²) in [5.74, 6) is 2.98. The molecule has 0 bridgehead atoms. The van der Waals surface area contributed by atoms with Gasteiger partial charge in [0, 0.05) is 21.7 Å². The van der Waals surface area contributed by atoms with E-state index >= 15 is 0 Å². The average Bonchev–Trinajstić information content (AvgIpc) is 3.24. The Hall–Kier alpha value is -4.41. The first-order chi connectivity index (χ1) is 21.8. The third-order valence-corrected chi connectivity index (χ3v) is 7.67. The minimum absolute atomic E-state index is 0.00304. The fourth-order valence-electron chi connectivity index (χ4n) is 5.47. The predicted octanol–water partition coefficient (Wildman–Crippen LogP) is 6.09. The van der Waals surface area contributed by atoms with Crippen molar-refractivity contribution >= 4 is 48.0 Å². The van der Waals surface area contributed by atoms with Crippen molar-refractivity contribution in [3.8, 4) is 0 Å².